The molecule has 0 unspecified atom stereocenters. The van der Waals surface area contributed by atoms with Crippen molar-refractivity contribution >= 4 is 17.8 Å². The SMILES string of the molecule is COc1ccc(CC[C@@]2(C)NC(=O)N(CC(=O)NCC(F)(F)F)C2=O)cc1. The molecule has 10 heteroatoms. The Hall–Kier alpha value is -2.78. The second-order valence-electron chi connectivity index (χ2n) is 6.39. The van der Waals surface area contributed by atoms with Crippen molar-refractivity contribution in [1.29, 1.82) is 0 Å². The third-order valence-electron chi connectivity index (χ3n) is 4.21. The second-order valence-corrected chi connectivity index (χ2v) is 6.39. The number of carbonyl (C=O) groups excluding carboxylic acids is 3. The summed E-state index contributed by atoms with van der Waals surface area (Å²) in [4.78, 5) is 36.7. The van der Waals surface area contributed by atoms with Gasteiger partial charge in [0.25, 0.3) is 5.91 Å². The zero-order chi connectivity index (χ0) is 20.2. The molecule has 1 aliphatic rings. The highest BCUT2D eigenvalue weighted by Crippen LogP contribution is 2.24. The molecule has 2 N–H and O–H groups in total. The molecule has 2 rings (SSSR count). The van der Waals surface area contributed by atoms with E-state index in [1.54, 1.807) is 24.6 Å². The van der Waals surface area contributed by atoms with E-state index in [1.807, 2.05) is 12.1 Å². The largest absolute Gasteiger partial charge is 0.497 e. The van der Waals surface area contributed by atoms with Crippen molar-refractivity contribution in [1.82, 2.24) is 15.5 Å². The molecule has 0 bridgehead atoms. The molecule has 27 heavy (non-hydrogen) atoms. The average molecular weight is 387 g/mol. The molecule has 0 saturated carbocycles. The monoisotopic (exact) mass is 387 g/mol. The van der Waals surface area contributed by atoms with E-state index < -0.39 is 42.7 Å². The van der Waals surface area contributed by atoms with Crippen LogP contribution >= 0.6 is 0 Å². The Morgan fingerprint density at radius 2 is 1.89 bits per heavy atom. The molecule has 1 atom stereocenters. The second kappa shape index (κ2) is 7.85. The topological polar surface area (TPSA) is 87.7 Å². The lowest BCUT2D eigenvalue weighted by atomic mass is 9.93. The number of methoxy groups -OCH3 is 1. The van der Waals surface area contributed by atoms with Gasteiger partial charge in [-0.2, -0.15) is 13.2 Å². The number of hydrogen-bond acceptors (Lipinski definition) is 4. The first kappa shape index (κ1) is 20.5. The molecular formula is C17H20F3N3O4. The van der Waals surface area contributed by atoms with E-state index in [0.717, 1.165) is 5.56 Å². The molecule has 1 heterocycles. The number of alkyl halides is 3. The molecule has 1 aromatic rings. The molecule has 7 nitrogen and oxygen atoms in total. The Kier molecular flexibility index (Phi) is 5.97. The van der Waals surface area contributed by atoms with Crippen LogP contribution in [0.3, 0.4) is 0 Å². The summed E-state index contributed by atoms with van der Waals surface area (Å²) >= 11 is 0. The van der Waals surface area contributed by atoms with Crippen molar-refractivity contribution in [3.05, 3.63) is 29.8 Å². The number of benzene rings is 1. The summed E-state index contributed by atoms with van der Waals surface area (Å²) in [7, 11) is 1.54. The zero-order valence-electron chi connectivity index (χ0n) is 14.9. The quantitative estimate of drug-likeness (QED) is 0.696. The lowest BCUT2D eigenvalue weighted by molar-refractivity contribution is -0.141. The number of urea groups is 1. The van der Waals surface area contributed by atoms with Gasteiger partial charge in [-0.3, -0.25) is 14.5 Å². The van der Waals surface area contributed by atoms with E-state index in [1.165, 1.54) is 6.92 Å². The number of ether oxygens (including phenoxy) is 1. The van der Waals surface area contributed by atoms with Gasteiger partial charge in [0.05, 0.1) is 7.11 Å². The van der Waals surface area contributed by atoms with Gasteiger partial charge in [-0.25, -0.2) is 4.79 Å². The van der Waals surface area contributed by atoms with Gasteiger partial charge < -0.3 is 15.4 Å². The van der Waals surface area contributed by atoms with E-state index in [4.69, 9.17) is 4.74 Å². The van der Waals surface area contributed by atoms with Crippen molar-refractivity contribution in [3.63, 3.8) is 0 Å². The molecular weight excluding hydrogens is 367 g/mol. The normalized spacial score (nSPS) is 19.8. The van der Waals surface area contributed by atoms with E-state index >= 15 is 0 Å². The number of rotatable bonds is 7. The fourth-order valence-electron chi connectivity index (χ4n) is 2.64. The summed E-state index contributed by atoms with van der Waals surface area (Å²) in [6.45, 7) is -0.770. The Bertz CT molecular complexity index is 721. The van der Waals surface area contributed by atoms with Crippen LogP contribution in [0, 0.1) is 0 Å². The van der Waals surface area contributed by atoms with E-state index in [2.05, 4.69) is 5.32 Å². The number of nitrogens with zero attached hydrogens (tertiary/aromatic N) is 1. The molecule has 1 aromatic carbocycles. The number of imide groups is 1. The average Bonchev–Trinajstić information content (AvgIpc) is 2.82. The van der Waals surface area contributed by atoms with Gasteiger partial charge in [-0.15, -0.1) is 0 Å². The maximum atomic E-state index is 12.5. The van der Waals surface area contributed by atoms with Crippen LogP contribution in [0.25, 0.3) is 0 Å². The van der Waals surface area contributed by atoms with Gasteiger partial charge in [0, 0.05) is 0 Å². The lowest BCUT2D eigenvalue weighted by Crippen LogP contribution is -2.46. The summed E-state index contributed by atoms with van der Waals surface area (Å²) in [5.74, 6) is -1.02. The third-order valence-corrected chi connectivity index (χ3v) is 4.21. The Balaban J connectivity index is 1.95. The number of nitrogens with one attached hydrogen (secondary N) is 2. The Labute approximate surface area is 153 Å². The zero-order valence-corrected chi connectivity index (χ0v) is 14.9. The number of amides is 4. The number of hydrogen-bond donors (Lipinski definition) is 2. The van der Waals surface area contributed by atoms with Crippen LogP contribution in [-0.4, -0.2) is 54.7 Å². The van der Waals surface area contributed by atoms with Crippen molar-refractivity contribution in [2.24, 2.45) is 0 Å². The molecule has 4 amide bonds. The van der Waals surface area contributed by atoms with Crippen LogP contribution < -0.4 is 15.4 Å². The number of halogens is 3. The van der Waals surface area contributed by atoms with E-state index in [0.29, 0.717) is 17.1 Å². The molecule has 1 fully saturated rings. The summed E-state index contributed by atoms with van der Waals surface area (Å²) in [5, 5.41) is 4.15. The van der Waals surface area contributed by atoms with Crippen molar-refractivity contribution in [2.45, 2.75) is 31.5 Å². The van der Waals surface area contributed by atoms with Gasteiger partial charge in [0.1, 0.15) is 24.4 Å². The maximum Gasteiger partial charge on any atom is 0.405 e. The van der Waals surface area contributed by atoms with Crippen LogP contribution in [0.4, 0.5) is 18.0 Å². The summed E-state index contributed by atoms with van der Waals surface area (Å²) in [5.41, 5.74) is -0.318. The molecule has 0 spiro atoms. The Morgan fingerprint density at radius 3 is 2.44 bits per heavy atom. The highest BCUT2D eigenvalue weighted by molar-refractivity contribution is 6.08. The van der Waals surface area contributed by atoms with Gasteiger partial charge in [-0.05, 0) is 37.5 Å². The molecule has 0 radical (unpaired) electrons. The molecule has 0 aromatic heterocycles. The molecule has 1 saturated heterocycles. The fourth-order valence-corrected chi connectivity index (χ4v) is 2.64. The predicted molar refractivity (Wildman–Crippen MR) is 89.0 cm³/mol. The standard InChI is InChI=1S/C17H20F3N3O4/c1-16(8-7-11-3-5-12(27-2)6-4-11)14(25)23(15(26)22-16)9-13(24)21-10-17(18,19)20/h3-6H,7-10H2,1-2H3,(H,21,24)(H,22,26)/t16-/m1/s1. The van der Waals surface area contributed by atoms with Crippen LogP contribution in [-0.2, 0) is 16.0 Å². The summed E-state index contributed by atoms with van der Waals surface area (Å²) in [6.07, 6.45) is -3.83. The van der Waals surface area contributed by atoms with E-state index in [-0.39, 0.29) is 6.42 Å². The van der Waals surface area contributed by atoms with Crippen LogP contribution in [0.1, 0.15) is 18.9 Å². The molecule has 0 aliphatic carbocycles. The van der Waals surface area contributed by atoms with Crippen molar-refractivity contribution in [2.75, 3.05) is 20.2 Å². The van der Waals surface area contributed by atoms with Crippen LogP contribution in [0.5, 0.6) is 5.75 Å². The number of carbonyl (C=O) groups is 3. The van der Waals surface area contributed by atoms with Crippen molar-refractivity contribution in [3.8, 4) is 5.75 Å². The first-order valence-electron chi connectivity index (χ1n) is 8.14. The minimum atomic E-state index is -4.57. The first-order chi connectivity index (χ1) is 12.5. The Morgan fingerprint density at radius 1 is 1.26 bits per heavy atom. The van der Waals surface area contributed by atoms with Crippen LogP contribution in [0.15, 0.2) is 24.3 Å². The highest BCUT2D eigenvalue weighted by atomic mass is 19.4. The predicted octanol–water partition coefficient (Wildman–Crippen LogP) is 1.62. The minimum Gasteiger partial charge on any atom is -0.497 e. The number of aryl methyl sites for hydroxylation is 1. The van der Waals surface area contributed by atoms with Crippen LogP contribution in [0.2, 0.25) is 0 Å². The first-order valence-corrected chi connectivity index (χ1v) is 8.14. The highest BCUT2D eigenvalue weighted by Gasteiger charge is 2.47. The maximum absolute atomic E-state index is 12.5. The summed E-state index contributed by atoms with van der Waals surface area (Å²) < 4.78 is 41.5. The van der Waals surface area contributed by atoms with Gasteiger partial charge >= 0.3 is 12.2 Å². The lowest BCUT2D eigenvalue weighted by Gasteiger charge is -2.21. The summed E-state index contributed by atoms with van der Waals surface area (Å²) in [6, 6.07) is 6.38. The smallest absolute Gasteiger partial charge is 0.405 e. The molecule has 1 aliphatic heterocycles. The molecule has 148 valence electrons. The third kappa shape index (κ3) is 5.35. The fraction of sp³-hybridized carbons (Fsp3) is 0.471. The van der Waals surface area contributed by atoms with Crippen molar-refractivity contribution < 1.29 is 32.3 Å². The van der Waals surface area contributed by atoms with Gasteiger partial charge in [0.15, 0.2) is 0 Å². The van der Waals surface area contributed by atoms with Gasteiger partial charge in [0.2, 0.25) is 5.91 Å². The van der Waals surface area contributed by atoms with Gasteiger partial charge in [-0.1, -0.05) is 12.1 Å². The van der Waals surface area contributed by atoms with E-state index in [9.17, 15) is 27.6 Å². The minimum absolute atomic E-state index is 0.268.